The van der Waals surface area contributed by atoms with Crippen molar-refractivity contribution in [2.24, 2.45) is 0 Å². The largest absolute Gasteiger partial charge is 0.496 e. The molecule has 252 valence electrons. The van der Waals surface area contributed by atoms with Gasteiger partial charge >= 0.3 is 35.8 Å². The molecule has 0 radical (unpaired) electrons. The van der Waals surface area contributed by atoms with Crippen LogP contribution in [0.15, 0.2) is 11.6 Å². The Labute approximate surface area is 265 Å². The number of esters is 6. The number of fused-ring (bicyclic) bond motifs is 1. The zero-order valence-corrected chi connectivity index (χ0v) is 26.9. The van der Waals surface area contributed by atoms with Crippen LogP contribution in [-0.4, -0.2) is 87.9 Å². The molecule has 0 bridgehead atoms. The third-order valence-corrected chi connectivity index (χ3v) is 7.30. The van der Waals surface area contributed by atoms with Crippen molar-refractivity contribution in [2.75, 3.05) is 21.3 Å². The molecule has 2 aliphatic heterocycles. The summed E-state index contributed by atoms with van der Waals surface area (Å²) in [6.45, 7) is 6.66. The van der Waals surface area contributed by atoms with Gasteiger partial charge < -0.3 is 42.6 Å². The van der Waals surface area contributed by atoms with Crippen LogP contribution in [0.2, 0.25) is 0 Å². The van der Waals surface area contributed by atoms with Crippen LogP contribution < -0.4 is 9.47 Å². The van der Waals surface area contributed by atoms with E-state index >= 15 is 0 Å². The van der Waals surface area contributed by atoms with Gasteiger partial charge in [0.2, 0.25) is 12.4 Å². The van der Waals surface area contributed by atoms with E-state index in [1.165, 1.54) is 14.2 Å². The monoisotopic (exact) mass is 650 g/mol. The molecule has 1 aromatic rings. The summed E-state index contributed by atoms with van der Waals surface area (Å²) in [5.74, 6) is -4.42. The van der Waals surface area contributed by atoms with Crippen molar-refractivity contribution in [3.05, 3.63) is 33.9 Å². The SMILES string of the molecule is COC(=O)CC/C(C)=C/Cc1c(OC)c(C)c2c(c1O[C@@H]1OC(C(=O)OC)[C@H](OC(C)=O)C(OC(C)=O)C1OC(C)=O)C(=O)OC2. The summed E-state index contributed by atoms with van der Waals surface area (Å²) in [4.78, 5) is 74.2. The fourth-order valence-corrected chi connectivity index (χ4v) is 5.21. The van der Waals surface area contributed by atoms with E-state index in [0.29, 0.717) is 28.9 Å². The maximum atomic E-state index is 13.1. The first kappa shape index (κ1) is 35.8. The Hall–Kier alpha value is -4.66. The highest BCUT2D eigenvalue weighted by molar-refractivity contribution is 5.98. The van der Waals surface area contributed by atoms with Crippen LogP contribution in [0.4, 0.5) is 0 Å². The second-order valence-electron chi connectivity index (χ2n) is 10.5. The molecule has 5 atom stereocenters. The minimum absolute atomic E-state index is 0.0415. The van der Waals surface area contributed by atoms with Crippen LogP contribution in [-0.2, 0) is 70.2 Å². The molecule has 0 saturated carbocycles. The first-order valence-corrected chi connectivity index (χ1v) is 14.3. The molecule has 2 aliphatic rings. The van der Waals surface area contributed by atoms with E-state index in [9.17, 15) is 28.8 Å². The lowest BCUT2D eigenvalue weighted by atomic mass is 9.94. The van der Waals surface area contributed by atoms with E-state index in [4.69, 9.17) is 42.6 Å². The van der Waals surface area contributed by atoms with E-state index in [1.807, 2.05) is 6.92 Å². The van der Waals surface area contributed by atoms with Crippen LogP contribution in [0.1, 0.15) is 67.6 Å². The molecule has 3 rings (SSSR count). The molecule has 0 aliphatic carbocycles. The first-order valence-electron chi connectivity index (χ1n) is 14.3. The van der Waals surface area contributed by atoms with Crippen LogP contribution in [0.25, 0.3) is 0 Å². The van der Waals surface area contributed by atoms with Crippen molar-refractivity contribution in [1.82, 2.24) is 0 Å². The smallest absolute Gasteiger partial charge is 0.342 e. The molecule has 0 N–H and O–H groups in total. The molecule has 0 amide bonds. The molecule has 1 fully saturated rings. The maximum Gasteiger partial charge on any atom is 0.342 e. The van der Waals surface area contributed by atoms with Gasteiger partial charge in [0.15, 0.2) is 18.3 Å². The van der Waals surface area contributed by atoms with Crippen LogP contribution >= 0.6 is 0 Å². The number of hydrogen-bond donors (Lipinski definition) is 0. The van der Waals surface area contributed by atoms with Crippen LogP contribution in [0.5, 0.6) is 11.5 Å². The summed E-state index contributed by atoms with van der Waals surface area (Å²) in [6, 6.07) is 0. The summed E-state index contributed by atoms with van der Waals surface area (Å²) < 4.78 is 49.1. The second-order valence-corrected chi connectivity index (χ2v) is 10.5. The van der Waals surface area contributed by atoms with Crippen LogP contribution in [0, 0.1) is 6.92 Å². The van der Waals surface area contributed by atoms with Gasteiger partial charge in [0.25, 0.3) is 0 Å². The predicted molar refractivity (Wildman–Crippen MR) is 154 cm³/mol. The first-order chi connectivity index (χ1) is 21.7. The van der Waals surface area contributed by atoms with Crippen molar-refractivity contribution in [3.8, 4) is 11.5 Å². The highest BCUT2D eigenvalue weighted by Crippen LogP contribution is 2.44. The number of allylic oxidation sites excluding steroid dienone is 2. The summed E-state index contributed by atoms with van der Waals surface area (Å²) >= 11 is 0. The van der Waals surface area contributed by atoms with Gasteiger partial charge in [-0.2, -0.15) is 0 Å². The minimum Gasteiger partial charge on any atom is -0.496 e. The molecular weight excluding hydrogens is 612 g/mol. The number of benzene rings is 1. The van der Waals surface area contributed by atoms with Crippen molar-refractivity contribution in [3.63, 3.8) is 0 Å². The normalized spacial score (nSPS) is 22.1. The summed E-state index contributed by atoms with van der Waals surface area (Å²) in [6.07, 6.45) is -5.81. The minimum atomic E-state index is -1.72. The number of methoxy groups -OCH3 is 3. The van der Waals surface area contributed by atoms with E-state index in [2.05, 4.69) is 0 Å². The topological polar surface area (TPSA) is 185 Å². The van der Waals surface area contributed by atoms with E-state index < -0.39 is 60.6 Å². The molecule has 1 aromatic carbocycles. The van der Waals surface area contributed by atoms with Gasteiger partial charge in [-0.3, -0.25) is 19.2 Å². The number of ether oxygens (including phenoxy) is 9. The number of carbonyl (C=O) groups is 6. The Kier molecular flexibility index (Phi) is 12.1. The van der Waals surface area contributed by atoms with Crippen LogP contribution in [0.3, 0.4) is 0 Å². The van der Waals surface area contributed by atoms with Crippen molar-refractivity contribution in [1.29, 1.82) is 0 Å². The number of carbonyl (C=O) groups excluding carboxylic acids is 6. The average Bonchev–Trinajstić information content (AvgIpc) is 3.39. The predicted octanol–water partition coefficient (Wildman–Crippen LogP) is 2.19. The van der Waals surface area contributed by atoms with Gasteiger partial charge in [0.05, 0.1) is 21.3 Å². The second kappa shape index (κ2) is 15.6. The lowest BCUT2D eigenvalue weighted by Gasteiger charge is -2.43. The Bertz CT molecular complexity index is 1410. The zero-order valence-electron chi connectivity index (χ0n) is 26.9. The standard InChI is InChI=1S/C31H38O15/c1-14(10-12-21(35)38-6)9-11-19-23(39-7)15(2)20-13-41-29(36)22(20)24(19)45-31-28(44-18(5)34)26(43-17(4)33)25(42-16(3)32)27(46-31)30(37)40-8/h9,25-28,31H,10-13H2,1-8H3/b14-9+/t25-,26?,27?,28?,31-/m1/s1. The van der Waals surface area contributed by atoms with Gasteiger partial charge in [-0.1, -0.05) is 11.6 Å². The van der Waals surface area contributed by atoms with E-state index in [-0.39, 0.29) is 36.7 Å². The summed E-state index contributed by atoms with van der Waals surface area (Å²) in [7, 11) is 3.79. The van der Waals surface area contributed by atoms with E-state index in [1.54, 1.807) is 13.0 Å². The molecular formula is C31H38O15. The quantitative estimate of drug-likeness (QED) is 0.182. The Morgan fingerprint density at radius 3 is 2.00 bits per heavy atom. The lowest BCUT2D eigenvalue weighted by molar-refractivity contribution is -0.282. The van der Waals surface area contributed by atoms with Crippen molar-refractivity contribution >= 4 is 35.8 Å². The average molecular weight is 651 g/mol. The molecule has 0 aromatic heterocycles. The Balaban J connectivity index is 2.21. The zero-order chi connectivity index (χ0) is 34.3. The third-order valence-electron chi connectivity index (χ3n) is 7.30. The maximum absolute atomic E-state index is 13.1. The van der Waals surface area contributed by atoms with Gasteiger partial charge in [0, 0.05) is 38.3 Å². The van der Waals surface area contributed by atoms with Gasteiger partial charge in [-0.15, -0.1) is 0 Å². The molecule has 15 heteroatoms. The molecule has 46 heavy (non-hydrogen) atoms. The fraction of sp³-hybridized carbons (Fsp3) is 0.548. The number of cyclic esters (lactones) is 1. The highest BCUT2D eigenvalue weighted by atomic mass is 16.7. The summed E-state index contributed by atoms with van der Waals surface area (Å²) in [5.41, 5.74) is 2.29. The lowest BCUT2D eigenvalue weighted by Crippen LogP contribution is -2.64. The number of rotatable bonds is 12. The third kappa shape index (κ3) is 8.13. The highest BCUT2D eigenvalue weighted by Gasteiger charge is 2.56. The van der Waals surface area contributed by atoms with Crippen molar-refractivity contribution in [2.45, 2.75) is 91.2 Å². The summed E-state index contributed by atoms with van der Waals surface area (Å²) in [5, 5.41) is 0. The van der Waals surface area contributed by atoms with Gasteiger partial charge in [-0.05, 0) is 32.3 Å². The molecule has 2 heterocycles. The van der Waals surface area contributed by atoms with Crippen molar-refractivity contribution < 1.29 is 71.4 Å². The Morgan fingerprint density at radius 1 is 0.826 bits per heavy atom. The molecule has 15 nitrogen and oxygen atoms in total. The van der Waals surface area contributed by atoms with Gasteiger partial charge in [0.1, 0.15) is 23.7 Å². The molecule has 3 unspecified atom stereocenters. The van der Waals surface area contributed by atoms with E-state index in [0.717, 1.165) is 33.5 Å². The number of hydrogen-bond acceptors (Lipinski definition) is 15. The fourth-order valence-electron chi connectivity index (χ4n) is 5.21. The molecule has 0 spiro atoms. The molecule has 1 saturated heterocycles. The van der Waals surface area contributed by atoms with Gasteiger partial charge in [-0.25, -0.2) is 9.59 Å². The Morgan fingerprint density at radius 2 is 1.43 bits per heavy atom.